The lowest BCUT2D eigenvalue weighted by atomic mass is 9.72. The van der Waals surface area contributed by atoms with Crippen LogP contribution >= 0.6 is 0 Å². The fraction of sp³-hybridized carbons (Fsp3) is 0.786. The van der Waals surface area contributed by atoms with Crippen LogP contribution in [0.25, 0.3) is 0 Å². The maximum Gasteiger partial charge on any atom is 0.151 e. The second-order valence-electron chi connectivity index (χ2n) is 6.33. The molecule has 2 fully saturated rings. The van der Waals surface area contributed by atoms with Crippen LogP contribution in [0.4, 0.5) is 5.82 Å². The maximum atomic E-state index is 4.50. The van der Waals surface area contributed by atoms with Crippen LogP contribution in [0.3, 0.4) is 0 Å². The number of fused-ring (bicyclic) bond motifs is 1. The van der Waals surface area contributed by atoms with Crippen molar-refractivity contribution in [1.29, 1.82) is 0 Å². The highest BCUT2D eigenvalue weighted by molar-refractivity contribution is 5.50. The molecule has 17 heavy (non-hydrogen) atoms. The highest BCUT2D eigenvalue weighted by atomic mass is 15.2. The lowest BCUT2D eigenvalue weighted by Crippen LogP contribution is -2.26. The molecule has 0 saturated heterocycles. The predicted octanol–water partition coefficient (Wildman–Crippen LogP) is 3.03. The van der Waals surface area contributed by atoms with Crippen LogP contribution in [0.5, 0.6) is 0 Å². The van der Waals surface area contributed by atoms with Crippen LogP contribution in [0.2, 0.25) is 0 Å². The minimum Gasteiger partial charge on any atom is -0.366 e. The van der Waals surface area contributed by atoms with Gasteiger partial charge in [-0.2, -0.15) is 5.10 Å². The smallest absolute Gasteiger partial charge is 0.151 e. The molecule has 0 bridgehead atoms. The van der Waals surface area contributed by atoms with E-state index in [2.05, 4.69) is 15.5 Å². The maximum absolute atomic E-state index is 4.50. The Balaban J connectivity index is 1.62. The number of nitrogens with one attached hydrogen (secondary N) is 2. The van der Waals surface area contributed by atoms with Gasteiger partial charge in [-0.3, -0.25) is 5.10 Å². The standard InChI is InChI=1S/C14H21N3/c1-2-7-14(6-1)8-5-12-11(9-14)13(17-16-12)15-10-3-4-10/h10H,1-9H2,(H2,15,16,17). The summed E-state index contributed by atoms with van der Waals surface area (Å²) in [6, 6.07) is 0.712. The van der Waals surface area contributed by atoms with Crippen LogP contribution in [0, 0.1) is 5.41 Å². The number of anilines is 1. The third-order valence-electron chi connectivity index (χ3n) is 4.99. The van der Waals surface area contributed by atoms with Gasteiger partial charge in [0.2, 0.25) is 0 Å². The van der Waals surface area contributed by atoms with Gasteiger partial charge in [-0.25, -0.2) is 0 Å². The Labute approximate surface area is 102 Å². The third kappa shape index (κ3) is 1.67. The number of aromatic nitrogens is 2. The summed E-state index contributed by atoms with van der Waals surface area (Å²) in [7, 11) is 0. The lowest BCUT2D eigenvalue weighted by molar-refractivity contribution is 0.254. The number of H-pyrrole nitrogens is 1. The molecule has 0 aliphatic heterocycles. The molecule has 3 aliphatic carbocycles. The Morgan fingerprint density at radius 1 is 1.18 bits per heavy atom. The normalized spacial score (nSPS) is 26.1. The Bertz CT molecular complexity index is 425. The van der Waals surface area contributed by atoms with Gasteiger partial charge < -0.3 is 5.32 Å². The molecule has 1 heterocycles. The Morgan fingerprint density at radius 3 is 2.76 bits per heavy atom. The van der Waals surface area contributed by atoms with E-state index in [1.165, 1.54) is 74.9 Å². The molecule has 4 rings (SSSR count). The first-order chi connectivity index (χ1) is 8.35. The molecule has 0 atom stereocenters. The van der Waals surface area contributed by atoms with E-state index in [1.807, 2.05) is 0 Å². The highest BCUT2D eigenvalue weighted by Crippen LogP contribution is 2.48. The summed E-state index contributed by atoms with van der Waals surface area (Å²) in [5.41, 5.74) is 3.56. The summed E-state index contributed by atoms with van der Waals surface area (Å²) in [6.07, 6.45) is 12.3. The van der Waals surface area contributed by atoms with Gasteiger partial charge >= 0.3 is 0 Å². The Hall–Kier alpha value is -0.990. The van der Waals surface area contributed by atoms with Gasteiger partial charge in [-0.15, -0.1) is 0 Å². The van der Waals surface area contributed by atoms with Crippen molar-refractivity contribution in [1.82, 2.24) is 10.2 Å². The number of aromatic amines is 1. The zero-order valence-electron chi connectivity index (χ0n) is 10.4. The van der Waals surface area contributed by atoms with E-state index < -0.39 is 0 Å². The van der Waals surface area contributed by atoms with E-state index in [1.54, 1.807) is 0 Å². The van der Waals surface area contributed by atoms with Gasteiger partial charge in [0, 0.05) is 17.3 Å². The summed E-state index contributed by atoms with van der Waals surface area (Å²) in [6.45, 7) is 0. The topological polar surface area (TPSA) is 40.7 Å². The number of hydrogen-bond acceptors (Lipinski definition) is 2. The van der Waals surface area contributed by atoms with E-state index >= 15 is 0 Å². The SMILES string of the molecule is C1CCC2(C1)CCc1[nH]nc(NC3CC3)c1C2. The summed E-state index contributed by atoms with van der Waals surface area (Å²) < 4.78 is 0. The first-order valence-electron chi connectivity index (χ1n) is 7.17. The molecule has 0 aromatic carbocycles. The van der Waals surface area contributed by atoms with Crippen LogP contribution < -0.4 is 5.32 Å². The second kappa shape index (κ2) is 3.50. The number of rotatable bonds is 2. The average molecular weight is 231 g/mol. The highest BCUT2D eigenvalue weighted by Gasteiger charge is 2.39. The van der Waals surface area contributed by atoms with Gasteiger partial charge in [0.05, 0.1) is 0 Å². The molecule has 0 radical (unpaired) electrons. The monoisotopic (exact) mass is 231 g/mol. The van der Waals surface area contributed by atoms with Crippen molar-refractivity contribution in [2.75, 3.05) is 5.32 Å². The zero-order valence-corrected chi connectivity index (χ0v) is 10.4. The lowest BCUT2D eigenvalue weighted by Gasteiger charge is -2.33. The van der Waals surface area contributed by atoms with Crippen molar-refractivity contribution in [3.05, 3.63) is 11.3 Å². The minimum atomic E-state index is 0.636. The van der Waals surface area contributed by atoms with Gasteiger partial charge in [0.25, 0.3) is 0 Å². The second-order valence-corrected chi connectivity index (χ2v) is 6.33. The van der Waals surface area contributed by atoms with Crippen LogP contribution in [0.15, 0.2) is 0 Å². The molecule has 1 aromatic heterocycles. The van der Waals surface area contributed by atoms with E-state index in [-0.39, 0.29) is 0 Å². The van der Waals surface area contributed by atoms with E-state index in [4.69, 9.17) is 0 Å². The van der Waals surface area contributed by atoms with Crippen molar-refractivity contribution in [3.8, 4) is 0 Å². The largest absolute Gasteiger partial charge is 0.366 e. The summed E-state index contributed by atoms with van der Waals surface area (Å²) in [5, 5.41) is 11.3. The van der Waals surface area contributed by atoms with Crippen molar-refractivity contribution in [3.63, 3.8) is 0 Å². The fourth-order valence-corrected chi connectivity index (χ4v) is 3.74. The molecule has 3 heteroatoms. The summed E-state index contributed by atoms with van der Waals surface area (Å²) in [5.74, 6) is 1.17. The molecule has 3 aliphatic rings. The molecule has 1 spiro atoms. The molecule has 2 N–H and O–H groups in total. The van der Waals surface area contributed by atoms with Crippen molar-refractivity contribution in [2.24, 2.45) is 5.41 Å². The van der Waals surface area contributed by atoms with Crippen LogP contribution in [-0.2, 0) is 12.8 Å². The number of aryl methyl sites for hydroxylation is 1. The minimum absolute atomic E-state index is 0.636. The van der Waals surface area contributed by atoms with E-state index in [0.717, 1.165) is 0 Å². The first kappa shape index (κ1) is 9.98. The number of nitrogens with zero attached hydrogens (tertiary/aromatic N) is 1. The third-order valence-corrected chi connectivity index (χ3v) is 4.99. The van der Waals surface area contributed by atoms with Crippen molar-refractivity contribution in [2.45, 2.75) is 63.8 Å². The number of hydrogen-bond donors (Lipinski definition) is 2. The molecule has 0 amide bonds. The molecule has 1 aromatic rings. The van der Waals surface area contributed by atoms with Gasteiger partial charge in [-0.1, -0.05) is 12.8 Å². The molecule has 0 unspecified atom stereocenters. The average Bonchev–Trinajstić information content (AvgIpc) is 2.91. The Kier molecular flexibility index (Phi) is 2.06. The van der Waals surface area contributed by atoms with Crippen molar-refractivity contribution >= 4 is 5.82 Å². The summed E-state index contributed by atoms with van der Waals surface area (Å²) >= 11 is 0. The quantitative estimate of drug-likeness (QED) is 0.821. The van der Waals surface area contributed by atoms with E-state index in [0.29, 0.717) is 11.5 Å². The Morgan fingerprint density at radius 2 is 2.00 bits per heavy atom. The van der Waals surface area contributed by atoms with Crippen LogP contribution in [-0.4, -0.2) is 16.2 Å². The fourth-order valence-electron chi connectivity index (χ4n) is 3.74. The van der Waals surface area contributed by atoms with Gasteiger partial charge in [-0.05, 0) is 50.4 Å². The predicted molar refractivity (Wildman–Crippen MR) is 68.2 cm³/mol. The van der Waals surface area contributed by atoms with E-state index in [9.17, 15) is 0 Å². The van der Waals surface area contributed by atoms with Gasteiger partial charge in [0.15, 0.2) is 5.82 Å². The molecule has 2 saturated carbocycles. The van der Waals surface area contributed by atoms with Gasteiger partial charge in [0.1, 0.15) is 0 Å². The summed E-state index contributed by atoms with van der Waals surface area (Å²) in [4.78, 5) is 0. The van der Waals surface area contributed by atoms with Crippen LogP contribution in [0.1, 0.15) is 56.2 Å². The zero-order chi connectivity index (χ0) is 11.3. The molecule has 3 nitrogen and oxygen atoms in total. The van der Waals surface area contributed by atoms with Crippen molar-refractivity contribution < 1.29 is 0 Å². The molecule has 92 valence electrons. The first-order valence-corrected chi connectivity index (χ1v) is 7.17. The molecular formula is C14H21N3. The molecular weight excluding hydrogens is 210 g/mol.